The summed E-state index contributed by atoms with van der Waals surface area (Å²) in [6, 6.07) is 10.3. The third-order valence-electron chi connectivity index (χ3n) is 4.30. The molecule has 1 fully saturated rings. The number of hydrogen-bond acceptors (Lipinski definition) is 3. The van der Waals surface area contributed by atoms with Gasteiger partial charge in [0.25, 0.3) is 0 Å². The number of nitrogens with one attached hydrogen (secondary N) is 1. The van der Waals surface area contributed by atoms with Crippen molar-refractivity contribution in [2.24, 2.45) is 5.41 Å². The number of aliphatic hydroxyl groups excluding tert-OH is 1. The molecule has 1 aliphatic rings. The van der Waals surface area contributed by atoms with E-state index in [1.165, 1.54) is 18.2 Å². The lowest BCUT2D eigenvalue weighted by molar-refractivity contribution is 0.142. The average molecular weight is 256 g/mol. The van der Waals surface area contributed by atoms with E-state index in [-0.39, 0.29) is 12.0 Å². The zero-order valence-corrected chi connectivity index (χ0v) is 11.1. The monoisotopic (exact) mass is 256 g/mol. The first kappa shape index (κ1) is 12.4. The Morgan fingerprint density at radius 2 is 1.95 bits per heavy atom. The van der Waals surface area contributed by atoms with E-state index >= 15 is 0 Å². The summed E-state index contributed by atoms with van der Waals surface area (Å²) in [7, 11) is 0. The highest BCUT2D eigenvalue weighted by Gasteiger charge is 2.33. The van der Waals surface area contributed by atoms with Crippen LogP contribution in [0.2, 0.25) is 0 Å². The molecule has 0 aliphatic heterocycles. The van der Waals surface area contributed by atoms with E-state index in [1.54, 1.807) is 0 Å². The number of benzene rings is 1. The minimum atomic E-state index is 0.0542. The predicted octanol–water partition coefficient (Wildman–Crippen LogP) is 3.20. The van der Waals surface area contributed by atoms with E-state index in [9.17, 15) is 5.11 Å². The van der Waals surface area contributed by atoms with Crippen LogP contribution in [0.25, 0.3) is 10.8 Å². The van der Waals surface area contributed by atoms with Crippen molar-refractivity contribution >= 4 is 16.6 Å². The Bertz CT molecular complexity index is 556. The molecule has 2 aromatic rings. The van der Waals surface area contributed by atoms with Gasteiger partial charge in [-0.3, -0.25) is 0 Å². The Balaban J connectivity index is 1.82. The molecule has 3 nitrogen and oxygen atoms in total. The summed E-state index contributed by atoms with van der Waals surface area (Å²) in [5.41, 5.74) is 0.0542. The Morgan fingerprint density at radius 1 is 1.16 bits per heavy atom. The number of rotatable bonds is 4. The first-order valence-corrected chi connectivity index (χ1v) is 7.02. The SMILES string of the molecule is OCC1(CNc2nccc3ccccc23)CCCC1. The van der Waals surface area contributed by atoms with Crippen LogP contribution in [0.1, 0.15) is 25.7 Å². The molecule has 0 saturated heterocycles. The normalized spacial score (nSPS) is 17.7. The molecule has 0 radical (unpaired) electrons. The van der Waals surface area contributed by atoms with Crippen LogP contribution in [0.15, 0.2) is 36.5 Å². The van der Waals surface area contributed by atoms with Crippen molar-refractivity contribution in [2.45, 2.75) is 25.7 Å². The van der Waals surface area contributed by atoms with Crippen LogP contribution in [-0.4, -0.2) is 23.2 Å². The van der Waals surface area contributed by atoms with Crippen molar-refractivity contribution in [1.82, 2.24) is 4.98 Å². The van der Waals surface area contributed by atoms with Crippen LogP contribution < -0.4 is 5.32 Å². The third-order valence-corrected chi connectivity index (χ3v) is 4.30. The Morgan fingerprint density at radius 3 is 2.74 bits per heavy atom. The molecule has 19 heavy (non-hydrogen) atoms. The van der Waals surface area contributed by atoms with Gasteiger partial charge in [-0.25, -0.2) is 4.98 Å². The summed E-state index contributed by atoms with van der Waals surface area (Å²) in [6.07, 6.45) is 6.52. The lowest BCUT2D eigenvalue weighted by Crippen LogP contribution is -2.30. The zero-order chi connectivity index (χ0) is 13.1. The number of nitrogens with zero attached hydrogens (tertiary/aromatic N) is 1. The lowest BCUT2D eigenvalue weighted by Gasteiger charge is -2.27. The minimum absolute atomic E-state index is 0.0542. The highest BCUT2D eigenvalue weighted by atomic mass is 16.3. The second-order valence-electron chi connectivity index (χ2n) is 5.60. The smallest absolute Gasteiger partial charge is 0.133 e. The number of anilines is 1. The van der Waals surface area contributed by atoms with Crippen LogP contribution in [0, 0.1) is 5.41 Å². The predicted molar refractivity (Wildman–Crippen MR) is 78.2 cm³/mol. The highest BCUT2D eigenvalue weighted by Crippen LogP contribution is 2.37. The van der Waals surface area contributed by atoms with Gasteiger partial charge in [-0.1, -0.05) is 37.1 Å². The molecule has 0 unspecified atom stereocenters. The van der Waals surface area contributed by atoms with E-state index in [4.69, 9.17) is 0 Å². The molecule has 3 heteroatoms. The highest BCUT2D eigenvalue weighted by molar-refractivity contribution is 5.91. The van der Waals surface area contributed by atoms with Gasteiger partial charge >= 0.3 is 0 Å². The maximum Gasteiger partial charge on any atom is 0.133 e. The summed E-state index contributed by atoms with van der Waals surface area (Å²) in [5, 5.41) is 15.4. The molecule has 100 valence electrons. The number of aromatic nitrogens is 1. The van der Waals surface area contributed by atoms with Crippen LogP contribution in [0.4, 0.5) is 5.82 Å². The van der Waals surface area contributed by atoms with Crippen LogP contribution in [0.5, 0.6) is 0 Å². The van der Waals surface area contributed by atoms with Crippen molar-refractivity contribution in [3.8, 4) is 0 Å². The van der Waals surface area contributed by atoms with E-state index < -0.39 is 0 Å². The van der Waals surface area contributed by atoms with Crippen molar-refractivity contribution < 1.29 is 5.11 Å². The fourth-order valence-electron chi connectivity index (χ4n) is 3.05. The van der Waals surface area contributed by atoms with Crippen molar-refractivity contribution in [3.05, 3.63) is 36.5 Å². The summed E-state index contributed by atoms with van der Waals surface area (Å²) in [5.74, 6) is 0.929. The van der Waals surface area contributed by atoms with Gasteiger partial charge in [0.15, 0.2) is 0 Å². The first-order valence-electron chi connectivity index (χ1n) is 7.02. The van der Waals surface area contributed by atoms with Crippen LogP contribution in [0.3, 0.4) is 0 Å². The van der Waals surface area contributed by atoms with Crippen molar-refractivity contribution in [1.29, 1.82) is 0 Å². The Labute approximate surface area is 113 Å². The number of pyridine rings is 1. The van der Waals surface area contributed by atoms with E-state index in [0.717, 1.165) is 30.6 Å². The molecule has 2 N–H and O–H groups in total. The standard InChI is InChI=1S/C16H20N2O/c19-12-16(8-3-4-9-16)11-18-15-14-6-2-1-5-13(14)7-10-17-15/h1-2,5-7,10,19H,3-4,8-9,11-12H2,(H,17,18). The Kier molecular flexibility index (Phi) is 3.38. The lowest BCUT2D eigenvalue weighted by atomic mass is 9.87. The second kappa shape index (κ2) is 5.17. The molecule has 3 rings (SSSR count). The number of hydrogen-bond donors (Lipinski definition) is 2. The molecule has 0 bridgehead atoms. The fraction of sp³-hybridized carbons (Fsp3) is 0.438. The second-order valence-corrected chi connectivity index (χ2v) is 5.60. The number of fused-ring (bicyclic) bond motifs is 1. The van der Waals surface area contributed by atoms with Gasteiger partial charge in [0, 0.05) is 23.5 Å². The molecule has 0 atom stereocenters. The van der Waals surface area contributed by atoms with E-state index in [0.29, 0.717) is 0 Å². The molecule has 1 aromatic heterocycles. The van der Waals surface area contributed by atoms with Crippen LogP contribution in [-0.2, 0) is 0 Å². The van der Waals surface area contributed by atoms with Gasteiger partial charge in [-0.05, 0) is 24.3 Å². The van der Waals surface area contributed by atoms with E-state index in [1.807, 2.05) is 24.4 Å². The largest absolute Gasteiger partial charge is 0.396 e. The van der Waals surface area contributed by atoms with Crippen LogP contribution >= 0.6 is 0 Å². The van der Waals surface area contributed by atoms with Gasteiger partial charge in [0.05, 0.1) is 6.61 Å². The summed E-state index contributed by atoms with van der Waals surface area (Å²) in [4.78, 5) is 4.44. The van der Waals surface area contributed by atoms with Gasteiger partial charge in [-0.15, -0.1) is 0 Å². The average Bonchev–Trinajstić information content (AvgIpc) is 2.94. The van der Waals surface area contributed by atoms with Gasteiger partial charge < -0.3 is 10.4 Å². The maximum atomic E-state index is 9.65. The topological polar surface area (TPSA) is 45.1 Å². The zero-order valence-electron chi connectivity index (χ0n) is 11.1. The Hall–Kier alpha value is -1.61. The van der Waals surface area contributed by atoms with Gasteiger partial charge in [0.1, 0.15) is 5.82 Å². The molecule has 1 heterocycles. The van der Waals surface area contributed by atoms with Gasteiger partial charge in [-0.2, -0.15) is 0 Å². The molecule has 1 aliphatic carbocycles. The van der Waals surface area contributed by atoms with E-state index in [2.05, 4.69) is 22.4 Å². The molecule has 1 aromatic carbocycles. The summed E-state index contributed by atoms with van der Waals surface area (Å²) >= 11 is 0. The molecule has 1 saturated carbocycles. The molecule has 0 amide bonds. The quantitative estimate of drug-likeness (QED) is 0.883. The molecule has 0 spiro atoms. The maximum absolute atomic E-state index is 9.65. The molecular weight excluding hydrogens is 236 g/mol. The number of aliphatic hydroxyl groups is 1. The van der Waals surface area contributed by atoms with Crippen molar-refractivity contribution in [3.63, 3.8) is 0 Å². The third kappa shape index (κ3) is 2.43. The first-order chi connectivity index (χ1) is 9.33. The summed E-state index contributed by atoms with van der Waals surface area (Å²) in [6.45, 7) is 1.08. The molecular formula is C16H20N2O. The van der Waals surface area contributed by atoms with Crippen molar-refractivity contribution in [2.75, 3.05) is 18.5 Å². The summed E-state index contributed by atoms with van der Waals surface area (Å²) < 4.78 is 0. The minimum Gasteiger partial charge on any atom is -0.396 e. The fourth-order valence-corrected chi connectivity index (χ4v) is 3.05. The van der Waals surface area contributed by atoms with Gasteiger partial charge in [0.2, 0.25) is 0 Å².